The van der Waals surface area contributed by atoms with E-state index in [-0.39, 0.29) is 24.4 Å². The van der Waals surface area contributed by atoms with Gasteiger partial charge in [-0.15, -0.1) is 4.52 Å². The first kappa shape index (κ1) is 17.0. The molecular formula is C13H19N5O5P+. The molecule has 1 aliphatic heterocycles. The van der Waals surface area contributed by atoms with Crippen molar-refractivity contribution in [3.05, 3.63) is 6.33 Å². The minimum atomic E-state index is -0.901. The maximum absolute atomic E-state index is 10.5. The molecule has 0 saturated carbocycles. The van der Waals surface area contributed by atoms with Gasteiger partial charge in [-0.3, -0.25) is 4.57 Å². The molecule has 3 N–H and O–H groups in total. The lowest BCUT2D eigenvalue weighted by molar-refractivity contribution is -0.0385. The molecule has 0 radical (unpaired) electrons. The molecule has 130 valence electrons. The second-order valence-electron chi connectivity index (χ2n) is 5.44. The van der Waals surface area contributed by atoms with E-state index in [1.54, 1.807) is 10.9 Å². The number of ether oxygens (including phenoxy) is 2. The van der Waals surface area contributed by atoms with Gasteiger partial charge < -0.3 is 20.3 Å². The molecule has 0 amide bonds. The molecule has 11 heteroatoms. The second-order valence-corrected chi connectivity index (χ2v) is 5.89. The van der Waals surface area contributed by atoms with Crippen LogP contribution in [-0.4, -0.2) is 50.6 Å². The molecular weight excluding hydrogens is 337 g/mol. The summed E-state index contributed by atoms with van der Waals surface area (Å²) in [6.45, 7) is 2.00. The van der Waals surface area contributed by atoms with Crippen LogP contribution in [0, 0.1) is 5.92 Å². The largest absolute Gasteiger partial charge is 0.494 e. The summed E-state index contributed by atoms with van der Waals surface area (Å²) in [6, 6.07) is 0. The number of hydrogen-bond acceptors (Lipinski definition) is 9. The molecule has 0 aromatic carbocycles. The Morgan fingerprint density at radius 1 is 1.50 bits per heavy atom. The van der Waals surface area contributed by atoms with Crippen LogP contribution in [0.4, 0.5) is 5.95 Å². The quantitative estimate of drug-likeness (QED) is 0.715. The van der Waals surface area contributed by atoms with Crippen molar-refractivity contribution in [1.82, 2.24) is 19.5 Å². The van der Waals surface area contributed by atoms with Gasteiger partial charge in [-0.25, -0.2) is 4.98 Å². The van der Waals surface area contributed by atoms with Crippen LogP contribution in [-0.2, 0) is 13.8 Å². The first-order chi connectivity index (χ1) is 11.6. The smallest absolute Gasteiger partial charge is 0.479 e. The Bertz CT molecular complexity index is 741. The van der Waals surface area contributed by atoms with Crippen LogP contribution in [0.25, 0.3) is 11.2 Å². The third-order valence-corrected chi connectivity index (χ3v) is 4.44. The fraction of sp³-hybridized carbons (Fsp3) is 0.615. The topological polar surface area (TPSA) is 135 Å². The molecule has 3 heterocycles. The lowest BCUT2D eigenvalue weighted by Crippen LogP contribution is -2.29. The lowest BCUT2D eigenvalue weighted by Gasteiger charge is -2.20. The van der Waals surface area contributed by atoms with Crippen LogP contribution in [0.3, 0.4) is 0 Å². The minimum absolute atomic E-state index is 0.0448. The monoisotopic (exact) mass is 356 g/mol. The number of nitrogens with zero attached hydrogens (tertiary/aromatic N) is 4. The highest BCUT2D eigenvalue weighted by Crippen LogP contribution is 2.39. The van der Waals surface area contributed by atoms with Gasteiger partial charge in [0, 0.05) is 5.92 Å². The van der Waals surface area contributed by atoms with Gasteiger partial charge in [0.1, 0.15) is 18.9 Å². The lowest BCUT2D eigenvalue weighted by atomic mass is 9.97. The van der Waals surface area contributed by atoms with Crippen LogP contribution in [0.1, 0.15) is 19.6 Å². The van der Waals surface area contributed by atoms with Crippen LogP contribution >= 0.6 is 8.69 Å². The Labute approximate surface area is 139 Å². The van der Waals surface area contributed by atoms with Gasteiger partial charge in [-0.2, -0.15) is 9.97 Å². The first-order valence-electron chi connectivity index (χ1n) is 7.47. The molecule has 10 nitrogen and oxygen atoms in total. The maximum atomic E-state index is 10.5. The van der Waals surface area contributed by atoms with Crippen molar-refractivity contribution in [3.8, 4) is 5.88 Å². The summed E-state index contributed by atoms with van der Waals surface area (Å²) in [6.07, 6.45) is 0.381. The van der Waals surface area contributed by atoms with E-state index in [2.05, 4.69) is 15.0 Å². The predicted molar refractivity (Wildman–Crippen MR) is 84.9 cm³/mol. The summed E-state index contributed by atoms with van der Waals surface area (Å²) in [5, 5.41) is 10.5. The van der Waals surface area contributed by atoms with E-state index in [0.717, 1.165) is 0 Å². The average Bonchev–Trinajstić information content (AvgIpc) is 3.12. The summed E-state index contributed by atoms with van der Waals surface area (Å²) < 4.78 is 28.2. The Balaban J connectivity index is 2.00. The first-order valence-corrected chi connectivity index (χ1v) is 8.28. The number of nitrogen functional groups attached to an aromatic ring is 1. The number of nitrogens with two attached hydrogens (primary N) is 1. The highest BCUT2D eigenvalue weighted by atomic mass is 31.1. The Hall–Kier alpha value is -1.87. The standard InChI is InChI=1S/C13H19N5O5P/c1-3-6-9(19)7(4-22-24-20)23-12(6)18-5-15-8-10(18)16-13(14)17-11(8)21-2/h5-7,9,12,19,24H,3-4H2,1-2H3,(H2,14,16,17)/q+1. The van der Waals surface area contributed by atoms with Crippen LogP contribution in [0.5, 0.6) is 5.88 Å². The molecule has 2 aromatic heterocycles. The Morgan fingerprint density at radius 2 is 2.29 bits per heavy atom. The van der Waals surface area contributed by atoms with Crippen molar-refractivity contribution in [3.63, 3.8) is 0 Å². The van der Waals surface area contributed by atoms with Gasteiger partial charge in [-0.1, -0.05) is 6.92 Å². The van der Waals surface area contributed by atoms with E-state index < -0.39 is 27.1 Å². The third-order valence-electron chi connectivity index (χ3n) is 4.15. The number of methoxy groups -OCH3 is 1. The molecule has 5 unspecified atom stereocenters. The molecule has 1 fully saturated rings. The summed E-state index contributed by atoms with van der Waals surface area (Å²) >= 11 is 0. The van der Waals surface area contributed by atoms with Crippen molar-refractivity contribution in [1.29, 1.82) is 0 Å². The van der Waals surface area contributed by atoms with Crippen molar-refractivity contribution < 1.29 is 23.7 Å². The molecule has 0 spiro atoms. The fourth-order valence-corrected chi connectivity index (χ4v) is 3.24. The van der Waals surface area contributed by atoms with E-state index in [1.807, 2.05) is 6.92 Å². The number of aromatic nitrogens is 4. The molecule has 1 aliphatic rings. The van der Waals surface area contributed by atoms with Crippen LogP contribution < -0.4 is 10.5 Å². The number of aliphatic hydroxyl groups excluding tert-OH is 1. The third kappa shape index (κ3) is 2.82. The van der Waals surface area contributed by atoms with Crippen LogP contribution in [0.15, 0.2) is 6.33 Å². The highest BCUT2D eigenvalue weighted by molar-refractivity contribution is 7.17. The average molecular weight is 356 g/mol. The zero-order valence-corrected chi connectivity index (χ0v) is 14.2. The number of hydrogen-bond donors (Lipinski definition) is 2. The summed E-state index contributed by atoms with van der Waals surface area (Å²) in [5.41, 5.74) is 6.65. The zero-order valence-electron chi connectivity index (χ0n) is 13.2. The molecule has 5 atom stereocenters. The van der Waals surface area contributed by atoms with Crippen molar-refractivity contribution in [2.45, 2.75) is 31.8 Å². The summed E-state index contributed by atoms with van der Waals surface area (Å²) in [7, 11) is 0.573. The number of anilines is 1. The van der Waals surface area contributed by atoms with E-state index in [0.29, 0.717) is 17.6 Å². The van der Waals surface area contributed by atoms with Crippen molar-refractivity contribution >= 4 is 25.8 Å². The zero-order chi connectivity index (χ0) is 17.3. The van der Waals surface area contributed by atoms with Crippen LogP contribution in [0.2, 0.25) is 0 Å². The van der Waals surface area contributed by atoms with E-state index in [9.17, 15) is 9.67 Å². The van der Waals surface area contributed by atoms with E-state index in [4.69, 9.17) is 19.7 Å². The number of imidazole rings is 1. The SMILES string of the molecule is CCC1C(O)C(CO[PH+]=O)OC1n1cnc2c(OC)nc(N)nc21. The predicted octanol–water partition coefficient (Wildman–Crippen LogP) is 0.657. The van der Waals surface area contributed by atoms with Gasteiger partial charge in [0.05, 0.1) is 19.5 Å². The summed E-state index contributed by atoms with van der Waals surface area (Å²) in [4.78, 5) is 12.5. The van der Waals surface area contributed by atoms with Crippen molar-refractivity contribution in [2.24, 2.45) is 5.92 Å². The van der Waals surface area contributed by atoms with Gasteiger partial charge in [0.2, 0.25) is 11.8 Å². The number of fused-ring (bicyclic) bond motifs is 1. The molecule has 2 aromatic rings. The second kappa shape index (κ2) is 6.94. The molecule has 0 bridgehead atoms. The Kier molecular flexibility index (Phi) is 4.91. The number of aliphatic hydroxyl groups is 1. The van der Waals surface area contributed by atoms with Crippen molar-refractivity contribution in [2.75, 3.05) is 19.5 Å². The van der Waals surface area contributed by atoms with E-state index >= 15 is 0 Å². The Morgan fingerprint density at radius 3 is 2.96 bits per heavy atom. The molecule has 24 heavy (non-hydrogen) atoms. The fourth-order valence-electron chi connectivity index (χ4n) is 3.01. The molecule has 0 aliphatic carbocycles. The number of rotatable bonds is 6. The normalized spacial score (nSPS) is 27.1. The highest BCUT2D eigenvalue weighted by Gasteiger charge is 2.44. The minimum Gasteiger partial charge on any atom is -0.479 e. The van der Waals surface area contributed by atoms with Gasteiger partial charge in [0.15, 0.2) is 11.2 Å². The maximum Gasteiger partial charge on any atom is 0.494 e. The summed E-state index contributed by atoms with van der Waals surface area (Å²) in [5.74, 6) is 0.128. The van der Waals surface area contributed by atoms with Gasteiger partial charge >= 0.3 is 8.69 Å². The van der Waals surface area contributed by atoms with Gasteiger partial charge in [0.25, 0.3) is 0 Å². The van der Waals surface area contributed by atoms with E-state index in [1.165, 1.54) is 7.11 Å². The van der Waals surface area contributed by atoms with Gasteiger partial charge in [-0.05, 0) is 11.0 Å². The molecule has 1 saturated heterocycles. The molecule has 3 rings (SSSR count).